The number of hydrogen-bond donors (Lipinski definition) is 0. The van der Waals surface area contributed by atoms with Crippen LogP contribution >= 0.6 is 0 Å². The molecule has 28 heavy (non-hydrogen) atoms. The third-order valence-corrected chi connectivity index (χ3v) is 6.27. The van der Waals surface area contributed by atoms with E-state index in [-0.39, 0.29) is 11.4 Å². The standard InChI is InChI=1S/C21H25N5O2/c1-2-24-15-23-20-18(24)7-10-26(21(20)8-11-28-12-9-21)19(27)13-25-14-22-16-5-3-4-6-17(16)25/h3-6,14-15H,2,7-13H2,1H3. The first-order valence-electron chi connectivity index (χ1n) is 10.1. The number of imidazole rings is 2. The number of para-hydroxylation sites is 2. The molecular weight excluding hydrogens is 354 g/mol. The number of amides is 1. The Labute approximate surface area is 163 Å². The molecule has 2 aliphatic heterocycles. The monoisotopic (exact) mass is 379 g/mol. The largest absolute Gasteiger partial charge is 0.381 e. The van der Waals surface area contributed by atoms with Crippen LogP contribution < -0.4 is 0 Å². The molecule has 0 bridgehead atoms. The lowest BCUT2D eigenvalue weighted by Crippen LogP contribution is -2.57. The lowest BCUT2D eigenvalue weighted by atomic mass is 9.80. The van der Waals surface area contributed by atoms with Gasteiger partial charge in [0.2, 0.25) is 5.91 Å². The van der Waals surface area contributed by atoms with Gasteiger partial charge < -0.3 is 18.8 Å². The van der Waals surface area contributed by atoms with Crippen LogP contribution in [-0.2, 0) is 34.6 Å². The van der Waals surface area contributed by atoms with Gasteiger partial charge in [-0.1, -0.05) is 12.1 Å². The zero-order chi connectivity index (χ0) is 19.1. The quantitative estimate of drug-likeness (QED) is 0.701. The summed E-state index contributed by atoms with van der Waals surface area (Å²) in [6.07, 6.45) is 6.15. The lowest BCUT2D eigenvalue weighted by molar-refractivity contribution is -0.145. The highest BCUT2D eigenvalue weighted by atomic mass is 16.5. The SMILES string of the molecule is CCn1cnc2c1CCN(C(=O)Cn1cnc3ccccc31)C21CCOCC1. The van der Waals surface area contributed by atoms with E-state index in [9.17, 15) is 4.79 Å². The zero-order valence-electron chi connectivity index (χ0n) is 16.2. The third-order valence-electron chi connectivity index (χ3n) is 6.27. The van der Waals surface area contributed by atoms with Crippen LogP contribution in [0.3, 0.4) is 0 Å². The molecule has 2 aliphatic rings. The van der Waals surface area contributed by atoms with Crippen molar-refractivity contribution in [1.29, 1.82) is 0 Å². The van der Waals surface area contributed by atoms with Crippen LogP contribution in [0.15, 0.2) is 36.9 Å². The highest BCUT2D eigenvalue weighted by Crippen LogP contribution is 2.42. The topological polar surface area (TPSA) is 65.2 Å². The van der Waals surface area contributed by atoms with E-state index >= 15 is 0 Å². The van der Waals surface area contributed by atoms with E-state index in [1.54, 1.807) is 6.33 Å². The number of hydrogen-bond acceptors (Lipinski definition) is 4. The first-order valence-corrected chi connectivity index (χ1v) is 10.1. The second kappa shape index (κ2) is 6.74. The summed E-state index contributed by atoms with van der Waals surface area (Å²) in [7, 11) is 0. The molecule has 1 amide bonds. The summed E-state index contributed by atoms with van der Waals surface area (Å²) in [4.78, 5) is 24.7. The van der Waals surface area contributed by atoms with E-state index in [2.05, 4.69) is 21.4 Å². The van der Waals surface area contributed by atoms with E-state index < -0.39 is 0 Å². The minimum atomic E-state index is -0.347. The Morgan fingerprint density at radius 1 is 1.14 bits per heavy atom. The van der Waals surface area contributed by atoms with Gasteiger partial charge in [-0.25, -0.2) is 9.97 Å². The van der Waals surface area contributed by atoms with Gasteiger partial charge in [0.1, 0.15) is 6.54 Å². The minimum absolute atomic E-state index is 0.127. The molecule has 0 atom stereocenters. The Morgan fingerprint density at radius 3 is 2.75 bits per heavy atom. The van der Waals surface area contributed by atoms with Gasteiger partial charge in [-0.05, 0) is 31.9 Å². The molecule has 2 aromatic heterocycles. The molecular formula is C21H25N5O2. The van der Waals surface area contributed by atoms with Gasteiger partial charge in [-0.15, -0.1) is 0 Å². The minimum Gasteiger partial charge on any atom is -0.381 e. The Hall–Kier alpha value is -2.67. The average molecular weight is 379 g/mol. The first-order chi connectivity index (χ1) is 13.7. The van der Waals surface area contributed by atoms with E-state index in [1.165, 1.54) is 5.69 Å². The number of aromatic nitrogens is 4. The van der Waals surface area contributed by atoms with Crippen LogP contribution in [-0.4, -0.2) is 49.7 Å². The van der Waals surface area contributed by atoms with Crippen LogP contribution in [0.5, 0.6) is 0 Å². The van der Waals surface area contributed by atoms with Crippen LogP contribution in [0.4, 0.5) is 0 Å². The molecule has 0 saturated carbocycles. The molecule has 0 radical (unpaired) electrons. The molecule has 7 heteroatoms. The molecule has 146 valence electrons. The van der Waals surface area contributed by atoms with Crippen LogP contribution in [0.25, 0.3) is 11.0 Å². The second-order valence-corrected chi connectivity index (χ2v) is 7.63. The number of carbonyl (C=O) groups is 1. The molecule has 1 fully saturated rings. The fourth-order valence-electron chi connectivity index (χ4n) is 4.84. The fourth-order valence-corrected chi connectivity index (χ4v) is 4.84. The number of aryl methyl sites for hydroxylation is 1. The maximum absolute atomic E-state index is 13.5. The van der Waals surface area contributed by atoms with E-state index in [4.69, 9.17) is 9.72 Å². The van der Waals surface area contributed by atoms with Gasteiger partial charge in [-0.3, -0.25) is 4.79 Å². The van der Waals surface area contributed by atoms with Gasteiger partial charge in [0.25, 0.3) is 0 Å². The Bertz CT molecular complexity index is 1010. The van der Waals surface area contributed by atoms with Gasteiger partial charge in [-0.2, -0.15) is 0 Å². The van der Waals surface area contributed by atoms with E-state index in [1.807, 2.05) is 35.2 Å². The summed E-state index contributed by atoms with van der Waals surface area (Å²) in [5.41, 5.74) is 3.91. The highest BCUT2D eigenvalue weighted by molar-refractivity contribution is 5.81. The fraction of sp³-hybridized carbons (Fsp3) is 0.476. The molecule has 5 rings (SSSR count). The first kappa shape index (κ1) is 17.4. The summed E-state index contributed by atoms with van der Waals surface area (Å²) in [6, 6.07) is 7.93. The summed E-state index contributed by atoms with van der Waals surface area (Å²) >= 11 is 0. The number of ether oxygens (including phenoxy) is 1. The van der Waals surface area contributed by atoms with Gasteiger partial charge in [0, 0.05) is 38.4 Å². The number of carbonyl (C=O) groups excluding carboxylic acids is 1. The van der Waals surface area contributed by atoms with Crippen molar-refractivity contribution in [2.24, 2.45) is 0 Å². The van der Waals surface area contributed by atoms with Crippen molar-refractivity contribution in [2.45, 2.75) is 44.8 Å². The van der Waals surface area contributed by atoms with Crippen LogP contribution in [0.2, 0.25) is 0 Å². The average Bonchev–Trinajstić information content (AvgIpc) is 3.34. The molecule has 1 aromatic carbocycles. The molecule has 4 heterocycles. The predicted octanol–water partition coefficient (Wildman–Crippen LogP) is 2.34. The summed E-state index contributed by atoms with van der Waals surface area (Å²) in [5.74, 6) is 0.127. The van der Waals surface area contributed by atoms with Crippen molar-refractivity contribution in [3.63, 3.8) is 0 Å². The summed E-state index contributed by atoms with van der Waals surface area (Å²) < 4.78 is 9.82. The van der Waals surface area contributed by atoms with E-state index in [0.29, 0.717) is 19.8 Å². The predicted molar refractivity (Wildman–Crippen MR) is 105 cm³/mol. The zero-order valence-corrected chi connectivity index (χ0v) is 16.2. The molecule has 3 aromatic rings. The van der Waals surface area contributed by atoms with Crippen LogP contribution in [0, 0.1) is 0 Å². The Kier molecular flexibility index (Phi) is 4.19. The molecule has 0 unspecified atom stereocenters. The number of fused-ring (bicyclic) bond motifs is 3. The van der Waals surface area contributed by atoms with Crippen molar-refractivity contribution in [3.8, 4) is 0 Å². The Morgan fingerprint density at radius 2 is 1.93 bits per heavy atom. The van der Waals surface area contributed by atoms with Gasteiger partial charge >= 0.3 is 0 Å². The number of benzene rings is 1. The van der Waals surface area contributed by atoms with Crippen molar-refractivity contribution in [3.05, 3.63) is 48.3 Å². The van der Waals surface area contributed by atoms with Crippen molar-refractivity contribution in [1.82, 2.24) is 24.0 Å². The number of rotatable bonds is 3. The molecule has 0 aliphatic carbocycles. The lowest BCUT2D eigenvalue weighted by Gasteiger charge is -2.48. The molecule has 1 saturated heterocycles. The third kappa shape index (κ3) is 2.57. The van der Waals surface area contributed by atoms with Crippen LogP contribution in [0.1, 0.15) is 31.2 Å². The van der Waals surface area contributed by atoms with Gasteiger partial charge in [0.15, 0.2) is 0 Å². The maximum Gasteiger partial charge on any atom is 0.243 e. The van der Waals surface area contributed by atoms with E-state index in [0.717, 1.165) is 49.1 Å². The Balaban J connectivity index is 1.50. The second-order valence-electron chi connectivity index (χ2n) is 7.63. The number of nitrogens with zero attached hydrogens (tertiary/aromatic N) is 5. The molecule has 0 N–H and O–H groups in total. The summed E-state index contributed by atoms with van der Waals surface area (Å²) in [5, 5.41) is 0. The maximum atomic E-state index is 13.5. The molecule has 1 spiro atoms. The smallest absolute Gasteiger partial charge is 0.243 e. The molecule has 7 nitrogen and oxygen atoms in total. The van der Waals surface area contributed by atoms with Crippen molar-refractivity contribution < 1.29 is 9.53 Å². The highest BCUT2D eigenvalue weighted by Gasteiger charge is 2.48. The van der Waals surface area contributed by atoms with Crippen molar-refractivity contribution >= 4 is 16.9 Å². The van der Waals surface area contributed by atoms with Gasteiger partial charge in [0.05, 0.1) is 34.9 Å². The summed E-state index contributed by atoms with van der Waals surface area (Å²) in [6.45, 7) is 5.40. The van der Waals surface area contributed by atoms with Crippen molar-refractivity contribution in [2.75, 3.05) is 19.8 Å². The normalized spacial score (nSPS) is 18.5.